The summed E-state index contributed by atoms with van der Waals surface area (Å²) >= 11 is 0. The zero-order valence-corrected chi connectivity index (χ0v) is 14.1. The Kier molecular flexibility index (Phi) is 14.7. The normalized spacial score (nSPS) is 9.68. The molecule has 0 saturated heterocycles. The van der Waals surface area contributed by atoms with Gasteiger partial charge in [0.25, 0.3) is 0 Å². The molecule has 1 rings (SSSR count). The average molecular weight is 304 g/mol. The summed E-state index contributed by atoms with van der Waals surface area (Å²) in [7, 11) is 0. The van der Waals surface area contributed by atoms with Crippen LogP contribution in [0, 0.1) is 0 Å². The highest BCUT2D eigenvalue weighted by atomic mass is 16.5. The molecule has 0 heterocycles. The maximum Gasteiger partial charge on any atom is 0.118 e. The van der Waals surface area contributed by atoms with E-state index in [1.54, 1.807) is 18.2 Å². The van der Waals surface area contributed by atoms with Crippen molar-refractivity contribution in [3.63, 3.8) is 0 Å². The van der Waals surface area contributed by atoms with E-state index in [4.69, 9.17) is 4.74 Å². The molecule has 0 aromatic heterocycles. The molecule has 0 fully saturated rings. The molecule has 0 spiro atoms. The van der Waals surface area contributed by atoms with Crippen LogP contribution in [-0.2, 0) is 11.2 Å². The summed E-state index contributed by atoms with van der Waals surface area (Å²) in [6.07, 6.45) is 12.3. The van der Waals surface area contributed by atoms with Gasteiger partial charge in [-0.25, -0.2) is 0 Å². The van der Waals surface area contributed by atoms with Crippen LogP contribution in [0.15, 0.2) is 49.6 Å². The van der Waals surface area contributed by atoms with E-state index < -0.39 is 0 Å². The maximum absolute atomic E-state index is 9.55. The summed E-state index contributed by atoms with van der Waals surface area (Å²) in [5.74, 6) is 0.450. The molecule has 22 heavy (non-hydrogen) atoms. The number of hydrogen-bond acceptors (Lipinski definition) is 2. The predicted molar refractivity (Wildman–Crippen MR) is 96.4 cm³/mol. The molecule has 0 saturated carbocycles. The lowest BCUT2D eigenvalue weighted by Crippen LogP contribution is -1.87. The maximum atomic E-state index is 9.55. The van der Waals surface area contributed by atoms with Gasteiger partial charge in [-0.1, -0.05) is 69.4 Å². The third kappa shape index (κ3) is 12.2. The van der Waals surface area contributed by atoms with E-state index >= 15 is 0 Å². The van der Waals surface area contributed by atoms with Gasteiger partial charge in [0, 0.05) is 0 Å². The first-order valence-electron chi connectivity index (χ1n) is 8.32. The Hall–Kier alpha value is -1.54. The van der Waals surface area contributed by atoms with Gasteiger partial charge in [-0.3, -0.25) is 0 Å². The highest BCUT2D eigenvalue weighted by molar-refractivity contribution is 5.31. The zero-order valence-electron chi connectivity index (χ0n) is 14.1. The molecule has 124 valence electrons. The van der Waals surface area contributed by atoms with E-state index in [0.717, 1.165) is 12.0 Å². The van der Waals surface area contributed by atoms with Crippen molar-refractivity contribution >= 4 is 0 Å². The summed E-state index contributed by atoms with van der Waals surface area (Å²) in [5, 5.41) is 9.55. The van der Waals surface area contributed by atoms with Crippen LogP contribution in [0.25, 0.3) is 0 Å². The standard InChI is InChI=1S/C14H22O.C6H10O/c1-2-3-4-5-6-7-10-13-11-8-9-12-14(13)15;1-3-5-7-6-4-2/h8-9,11-12,15H,2-7,10H2,1H3;3-4H,1-2,5-6H2. The Morgan fingerprint density at radius 1 is 0.955 bits per heavy atom. The minimum atomic E-state index is 0.450. The molecule has 1 N–H and O–H groups in total. The van der Waals surface area contributed by atoms with Crippen molar-refractivity contribution in [1.82, 2.24) is 0 Å². The Balaban J connectivity index is 0.000000534. The minimum Gasteiger partial charge on any atom is -0.508 e. The van der Waals surface area contributed by atoms with E-state index in [2.05, 4.69) is 20.1 Å². The number of ether oxygens (including phenoxy) is 1. The quantitative estimate of drug-likeness (QED) is 0.421. The molecular weight excluding hydrogens is 272 g/mol. The molecule has 0 aliphatic carbocycles. The molecule has 2 heteroatoms. The largest absolute Gasteiger partial charge is 0.508 e. The van der Waals surface area contributed by atoms with Gasteiger partial charge in [-0.15, -0.1) is 13.2 Å². The van der Waals surface area contributed by atoms with Gasteiger partial charge in [0.15, 0.2) is 0 Å². The topological polar surface area (TPSA) is 29.5 Å². The molecule has 0 radical (unpaired) electrons. The minimum absolute atomic E-state index is 0.450. The number of aromatic hydroxyl groups is 1. The fourth-order valence-corrected chi connectivity index (χ4v) is 2.05. The highest BCUT2D eigenvalue weighted by Gasteiger charge is 1.98. The summed E-state index contributed by atoms with van der Waals surface area (Å²) in [5.41, 5.74) is 1.09. The van der Waals surface area contributed by atoms with Crippen LogP contribution < -0.4 is 0 Å². The van der Waals surface area contributed by atoms with Crippen molar-refractivity contribution in [2.24, 2.45) is 0 Å². The SMILES string of the molecule is C=CCOCC=C.CCCCCCCCc1ccccc1O. The molecule has 0 amide bonds. The molecule has 0 aliphatic heterocycles. The third-order valence-electron chi connectivity index (χ3n) is 3.26. The molecule has 0 aliphatic rings. The summed E-state index contributed by atoms with van der Waals surface area (Å²) in [6.45, 7) is 10.4. The second-order valence-electron chi connectivity index (χ2n) is 5.26. The number of hydrogen-bond donors (Lipinski definition) is 1. The van der Waals surface area contributed by atoms with Crippen molar-refractivity contribution in [1.29, 1.82) is 0 Å². The lowest BCUT2D eigenvalue weighted by atomic mass is 10.0. The highest BCUT2D eigenvalue weighted by Crippen LogP contribution is 2.18. The van der Waals surface area contributed by atoms with Crippen molar-refractivity contribution in [3.05, 3.63) is 55.1 Å². The number of para-hydroxylation sites is 1. The van der Waals surface area contributed by atoms with Gasteiger partial charge in [0.2, 0.25) is 0 Å². The smallest absolute Gasteiger partial charge is 0.118 e. The van der Waals surface area contributed by atoms with E-state index in [1.807, 2.05) is 18.2 Å². The fourth-order valence-electron chi connectivity index (χ4n) is 2.05. The van der Waals surface area contributed by atoms with Gasteiger partial charge < -0.3 is 9.84 Å². The molecular formula is C20H32O2. The number of phenolic OH excluding ortho intramolecular Hbond substituents is 1. The van der Waals surface area contributed by atoms with Crippen LogP contribution in [-0.4, -0.2) is 18.3 Å². The first-order chi connectivity index (χ1) is 10.8. The van der Waals surface area contributed by atoms with Crippen LogP contribution in [0.3, 0.4) is 0 Å². The molecule has 2 nitrogen and oxygen atoms in total. The molecule has 0 unspecified atom stereocenters. The number of unbranched alkanes of at least 4 members (excludes halogenated alkanes) is 5. The van der Waals surface area contributed by atoms with E-state index in [-0.39, 0.29) is 0 Å². The molecule has 1 aromatic rings. The summed E-state index contributed by atoms with van der Waals surface area (Å²) < 4.78 is 4.90. The van der Waals surface area contributed by atoms with Gasteiger partial charge >= 0.3 is 0 Å². The Labute approximate surface area is 136 Å². The lowest BCUT2D eigenvalue weighted by molar-refractivity contribution is 0.194. The van der Waals surface area contributed by atoms with E-state index in [9.17, 15) is 5.11 Å². The van der Waals surface area contributed by atoms with Crippen molar-refractivity contribution in [2.45, 2.75) is 51.9 Å². The third-order valence-corrected chi connectivity index (χ3v) is 3.26. The van der Waals surface area contributed by atoms with Crippen LogP contribution in [0.1, 0.15) is 51.0 Å². The second kappa shape index (κ2) is 15.8. The van der Waals surface area contributed by atoms with Crippen LogP contribution in [0.2, 0.25) is 0 Å². The predicted octanol–water partition coefficient (Wildman–Crippen LogP) is 5.67. The summed E-state index contributed by atoms with van der Waals surface area (Å²) in [6, 6.07) is 7.65. The number of benzene rings is 1. The number of aryl methyl sites for hydroxylation is 1. The van der Waals surface area contributed by atoms with Crippen molar-refractivity contribution < 1.29 is 9.84 Å². The van der Waals surface area contributed by atoms with Crippen LogP contribution in [0.4, 0.5) is 0 Å². The Morgan fingerprint density at radius 3 is 2.14 bits per heavy atom. The van der Waals surface area contributed by atoms with E-state index in [1.165, 1.54) is 38.5 Å². The van der Waals surface area contributed by atoms with Gasteiger partial charge in [0.05, 0.1) is 13.2 Å². The van der Waals surface area contributed by atoms with Gasteiger partial charge in [-0.05, 0) is 24.5 Å². The molecule has 1 aromatic carbocycles. The van der Waals surface area contributed by atoms with Crippen LogP contribution in [0.5, 0.6) is 5.75 Å². The number of rotatable bonds is 11. The molecule has 0 atom stereocenters. The first kappa shape index (κ1) is 20.5. The van der Waals surface area contributed by atoms with Crippen molar-refractivity contribution in [3.8, 4) is 5.75 Å². The molecule has 0 bridgehead atoms. The Morgan fingerprint density at radius 2 is 1.55 bits per heavy atom. The van der Waals surface area contributed by atoms with Gasteiger partial charge in [-0.2, -0.15) is 0 Å². The lowest BCUT2D eigenvalue weighted by Gasteiger charge is -2.03. The van der Waals surface area contributed by atoms with Crippen LogP contribution >= 0.6 is 0 Å². The fraction of sp³-hybridized carbons (Fsp3) is 0.500. The Bertz CT molecular complexity index is 377. The second-order valence-corrected chi connectivity index (χ2v) is 5.26. The first-order valence-corrected chi connectivity index (χ1v) is 8.32. The monoisotopic (exact) mass is 304 g/mol. The zero-order chi connectivity index (χ0) is 16.5. The van der Waals surface area contributed by atoms with E-state index in [0.29, 0.717) is 19.0 Å². The van der Waals surface area contributed by atoms with Gasteiger partial charge in [0.1, 0.15) is 5.75 Å². The summed E-state index contributed by atoms with van der Waals surface area (Å²) in [4.78, 5) is 0. The number of phenols is 1. The van der Waals surface area contributed by atoms with Crippen molar-refractivity contribution in [2.75, 3.05) is 13.2 Å². The average Bonchev–Trinajstić information content (AvgIpc) is 2.53.